The van der Waals surface area contributed by atoms with Crippen LogP contribution in [0.1, 0.15) is 63.3 Å². The maximum atomic E-state index is 5.75. The monoisotopic (exact) mass is 292 g/mol. The number of hydrogen-bond acceptors (Lipinski definition) is 3. The first-order chi connectivity index (χ1) is 10.2. The van der Waals surface area contributed by atoms with Crippen LogP contribution in [0.15, 0.2) is 6.07 Å². The lowest BCUT2D eigenvalue weighted by atomic mass is 10.1. The maximum absolute atomic E-state index is 5.75. The van der Waals surface area contributed by atoms with Gasteiger partial charge in [-0.15, -0.1) is 0 Å². The van der Waals surface area contributed by atoms with Crippen molar-refractivity contribution in [1.82, 2.24) is 14.7 Å². The van der Waals surface area contributed by atoms with Crippen LogP contribution in [0.4, 0.5) is 0 Å². The van der Waals surface area contributed by atoms with E-state index in [-0.39, 0.29) is 0 Å². The minimum Gasteiger partial charge on any atom is -0.330 e. The van der Waals surface area contributed by atoms with Crippen molar-refractivity contribution in [2.75, 3.05) is 13.1 Å². The van der Waals surface area contributed by atoms with E-state index < -0.39 is 0 Å². The van der Waals surface area contributed by atoms with Crippen LogP contribution in [0.5, 0.6) is 0 Å². The standard InChI is InChI=1S/C17H32N4/c1-3-21-17(13-15(2)19-21)14-20(12-8-11-18)16-9-6-4-5-7-10-16/h13,16H,3-12,14,18H2,1-2H3. The second-order valence-corrected chi connectivity index (χ2v) is 6.35. The Kier molecular flexibility index (Phi) is 6.71. The van der Waals surface area contributed by atoms with Crippen LogP contribution < -0.4 is 5.73 Å². The summed E-state index contributed by atoms with van der Waals surface area (Å²) in [6, 6.07) is 2.98. The Balaban J connectivity index is 2.06. The molecule has 0 amide bonds. The molecule has 2 rings (SSSR count). The zero-order chi connectivity index (χ0) is 15.1. The fourth-order valence-electron chi connectivity index (χ4n) is 3.52. The summed E-state index contributed by atoms with van der Waals surface area (Å²) in [5, 5.41) is 4.59. The van der Waals surface area contributed by atoms with Crippen molar-refractivity contribution in [2.24, 2.45) is 5.73 Å². The lowest BCUT2D eigenvalue weighted by molar-refractivity contribution is 0.164. The average Bonchev–Trinajstić information content (AvgIpc) is 2.69. The highest BCUT2D eigenvalue weighted by molar-refractivity contribution is 5.09. The zero-order valence-corrected chi connectivity index (χ0v) is 13.9. The number of nitrogens with two attached hydrogens (primary N) is 1. The molecule has 0 atom stereocenters. The van der Waals surface area contributed by atoms with E-state index in [9.17, 15) is 0 Å². The molecule has 2 N–H and O–H groups in total. The van der Waals surface area contributed by atoms with Crippen LogP contribution in [0, 0.1) is 6.92 Å². The van der Waals surface area contributed by atoms with Crippen molar-refractivity contribution in [1.29, 1.82) is 0 Å². The Morgan fingerprint density at radius 2 is 2.00 bits per heavy atom. The summed E-state index contributed by atoms with van der Waals surface area (Å²) in [5.74, 6) is 0. The molecule has 0 aliphatic heterocycles. The smallest absolute Gasteiger partial charge is 0.0597 e. The molecular formula is C17H32N4. The zero-order valence-electron chi connectivity index (χ0n) is 13.9. The van der Waals surface area contributed by atoms with E-state index in [1.54, 1.807) is 0 Å². The van der Waals surface area contributed by atoms with Gasteiger partial charge in [-0.1, -0.05) is 25.7 Å². The number of aryl methyl sites for hydroxylation is 2. The van der Waals surface area contributed by atoms with E-state index in [1.165, 1.54) is 44.2 Å². The molecule has 4 heteroatoms. The second kappa shape index (κ2) is 8.54. The van der Waals surface area contributed by atoms with Crippen LogP contribution in [0.3, 0.4) is 0 Å². The van der Waals surface area contributed by atoms with Crippen molar-refractivity contribution >= 4 is 0 Å². The Labute approximate surface area is 129 Å². The summed E-state index contributed by atoms with van der Waals surface area (Å²) < 4.78 is 2.15. The van der Waals surface area contributed by atoms with Gasteiger partial charge in [0.1, 0.15) is 0 Å². The minimum absolute atomic E-state index is 0.736. The van der Waals surface area contributed by atoms with Gasteiger partial charge < -0.3 is 5.73 Å². The lowest BCUT2D eigenvalue weighted by Crippen LogP contribution is -2.36. The van der Waals surface area contributed by atoms with Gasteiger partial charge in [0.15, 0.2) is 0 Å². The predicted octanol–water partition coefficient (Wildman–Crippen LogP) is 3.09. The topological polar surface area (TPSA) is 47.1 Å². The molecule has 1 aromatic heterocycles. The summed E-state index contributed by atoms with van der Waals surface area (Å²) in [6.45, 7) is 8.15. The molecule has 1 aliphatic carbocycles. The van der Waals surface area contributed by atoms with Gasteiger partial charge in [0, 0.05) is 25.7 Å². The minimum atomic E-state index is 0.736. The van der Waals surface area contributed by atoms with Gasteiger partial charge in [-0.05, 0) is 45.7 Å². The molecule has 4 nitrogen and oxygen atoms in total. The first kappa shape index (κ1) is 16.5. The summed E-state index contributed by atoms with van der Waals surface area (Å²) in [6.07, 6.45) is 9.38. The molecule has 1 aliphatic rings. The van der Waals surface area contributed by atoms with Gasteiger partial charge >= 0.3 is 0 Å². The maximum Gasteiger partial charge on any atom is 0.0597 e. The summed E-state index contributed by atoms with van der Waals surface area (Å²) in [5.41, 5.74) is 8.24. The number of rotatable bonds is 7. The highest BCUT2D eigenvalue weighted by Gasteiger charge is 2.21. The SMILES string of the molecule is CCn1nc(C)cc1CN(CCCN)C1CCCCCC1. The molecule has 1 saturated carbocycles. The van der Waals surface area contributed by atoms with E-state index in [0.29, 0.717) is 0 Å². The van der Waals surface area contributed by atoms with Crippen molar-refractivity contribution in [2.45, 2.75) is 77.9 Å². The molecule has 1 fully saturated rings. The Hall–Kier alpha value is -0.870. The quantitative estimate of drug-likeness (QED) is 0.786. The number of hydrogen-bond donors (Lipinski definition) is 1. The van der Waals surface area contributed by atoms with Crippen LogP contribution in [-0.2, 0) is 13.1 Å². The Morgan fingerprint density at radius 1 is 1.29 bits per heavy atom. The largest absolute Gasteiger partial charge is 0.330 e. The van der Waals surface area contributed by atoms with Crippen LogP contribution >= 0.6 is 0 Å². The highest BCUT2D eigenvalue weighted by Crippen LogP contribution is 2.23. The highest BCUT2D eigenvalue weighted by atomic mass is 15.3. The van der Waals surface area contributed by atoms with E-state index in [2.05, 4.69) is 34.6 Å². The van der Waals surface area contributed by atoms with Gasteiger partial charge in [-0.3, -0.25) is 9.58 Å². The summed E-state index contributed by atoms with van der Waals surface area (Å²) in [7, 11) is 0. The third kappa shape index (κ3) is 4.82. The Bertz CT molecular complexity index is 405. The van der Waals surface area contributed by atoms with Crippen molar-refractivity contribution in [3.63, 3.8) is 0 Å². The second-order valence-electron chi connectivity index (χ2n) is 6.35. The average molecular weight is 292 g/mol. The molecule has 0 unspecified atom stereocenters. The first-order valence-corrected chi connectivity index (χ1v) is 8.72. The summed E-state index contributed by atoms with van der Waals surface area (Å²) >= 11 is 0. The van der Waals surface area contributed by atoms with E-state index in [1.807, 2.05) is 0 Å². The van der Waals surface area contributed by atoms with Gasteiger partial charge in [0.05, 0.1) is 11.4 Å². The van der Waals surface area contributed by atoms with Crippen molar-refractivity contribution in [3.8, 4) is 0 Å². The molecular weight excluding hydrogens is 260 g/mol. The molecule has 21 heavy (non-hydrogen) atoms. The molecule has 1 aromatic rings. The lowest BCUT2D eigenvalue weighted by Gasteiger charge is -2.31. The normalized spacial score (nSPS) is 17.3. The van der Waals surface area contributed by atoms with Gasteiger partial charge in [0.2, 0.25) is 0 Å². The molecule has 0 spiro atoms. The van der Waals surface area contributed by atoms with Gasteiger partial charge in [-0.25, -0.2) is 0 Å². The molecule has 1 heterocycles. The Morgan fingerprint density at radius 3 is 2.62 bits per heavy atom. The molecule has 0 bridgehead atoms. The van der Waals surface area contributed by atoms with E-state index >= 15 is 0 Å². The van der Waals surface area contributed by atoms with Gasteiger partial charge in [-0.2, -0.15) is 5.10 Å². The molecule has 0 aromatic carbocycles. The third-order valence-corrected chi connectivity index (χ3v) is 4.64. The fourth-order valence-corrected chi connectivity index (χ4v) is 3.52. The van der Waals surface area contributed by atoms with Crippen LogP contribution in [0.2, 0.25) is 0 Å². The van der Waals surface area contributed by atoms with E-state index in [4.69, 9.17) is 5.73 Å². The molecule has 120 valence electrons. The first-order valence-electron chi connectivity index (χ1n) is 8.72. The number of aromatic nitrogens is 2. The fraction of sp³-hybridized carbons (Fsp3) is 0.824. The van der Waals surface area contributed by atoms with Crippen molar-refractivity contribution in [3.05, 3.63) is 17.5 Å². The van der Waals surface area contributed by atoms with Crippen molar-refractivity contribution < 1.29 is 0 Å². The third-order valence-electron chi connectivity index (χ3n) is 4.64. The molecule has 0 radical (unpaired) electrons. The van der Waals surface area contributed by atoms with Crippen LogP contribution in [-0.4, -0.2) is 33.8 Å². The predicted molar refractivity (Wildman–Crippen MR) is 88.2 cm³/mol. The summed E-state index contributed by atoms with van der Waals surface area (Å²) in [4.78, 5) is 2.67. The molecule has 0 saturated heterocycles. The van der Waals surface area contributed by atoms with Gasteiger partial charge in [0.25, 0.3) is 0 Å². The van der Waals surface area contributed by atoms with Crippen LogP contribution in [0.25, 0.3) is 0 Å². The number of nitrogens with zero attached hydrogens (tertiary/aromatic N) is 3. The van der Waals surface area contributed by atoms with E-state index in [0.717, 1.165) is 44.3 Å².